The summed E-state index contributed by atoms with van der Waals surface area (Å²) in [4.78, 5) is 33.7. The highest BCUT2D eigenvalue weighted by molar-refractivity contribution is 5.94. The Morgan fingerprint density at radius 2 is 1.38 bits per heavy atom. The van der Waals surface area contributed by atoms with Crippen LogP contribution in [0.5, 0.6) is 0 Å². The van der Waals surface area contributed by atoms with Gasteiger partial charge in [-0.25, -0.2) is 9.18 Å². The van der Waals surface area contributed by atoms with Crippen molar-refractivity contribution in [3.05, 3.63) is 34.6 Å². The number of carboxylic acid groups (broad SMARTS) is 3. The summed E-state index contributed by atoms with van der Waals surface area (Å²) < 4.78 is 45.4. The fourth-order valence-corrected chi connectivity index (χ4v) is 3.90. The number of carbonyl (C=O) groups is 3. The van der Waals surface area contributed by atoms with Gasteiger partial charge in [0, 0.05) is 19.6 Å². The maximum absolute atomic E-state index is 13.7. The molecule has 0 bridgehead atoms. The normalized spacial score (nSPS) is 25.6. The Hall–Kier alpha value is -2.69. The highest BCUT2D eigenvalue weighted by atomic mass is 19.4. The molecule has 160 valence electrons. The monoisotopic (exact) mass is 421 g/mol. The van der Waals surface area contributed by atoms with Gasteiger partial charge in [-0.15, -0.1) is 0 Å². The van der Waals surface area contributed by atoms with Crippen LogP contribution in [0.3, 0.4) is 0 Å². The predicted molar refractivity (Wildman–Crippen MR) is 89.6 cm³/mol. The fraction of sp³-hybridized carbons (Fsp3) is 0.500. The average Bonchev–Trinajstić information content (AvgIpc) is 3.11. The van der Waals surface area contributed by atoms with Gasteiger partial charge in [0.25, 0.3) is 0 Å². The van der Waals surface area contributed by atoms with Crippen molar-refractivity contribution < 1.29 is 47.3 Å². The van der Waals surface area contributed by atoms with E-state index in [0.29, 0.717) is 17.7 Å². The molecule has 1 aliphatic heterocycles. The van der Waals surface area contributed by atoms with Crippen LogP contribution in [0.1, 0.15) is 23.1 Å². The van der Waals surface area contributed by atoms with Crippen LogP contribution in [-0.2, 0) is 20.9 Å². The minimum atomic E-state index is -5.08. The second kappa shape index (κ2) is 7.29. The molecule has 0 radical (unpaired) electrons. The van der Waals surface area contributed by atoms with E-state index < -0.39 is 34.9 Å². The number of piperidine rings is 1. The van der Waals surface area contributed by atoms with E-state index in [1.165, 1.54) is 0 Å². The largest absolute Gasteiger partial charge is 0.490 e. The molecule has 0 spiro atoms. The van der Waals surface area contributed by atoms with Gasteiger partial charge in [0.15, 0.2) is 0 Å². The second-order valence-corrected chi connectivity index (χ2v) is 7.44. The number of halogens is 4. The molecule has 3 rings (SSSR count). The van der Waals surface area contributed by atoms with Gasteiger partial charge in [-0.2, -0.15) is 13.2 Å². The lowest BCUT2D eigenvalue weighted by Crippen LogP contribution is -2.28. The molecular weight excluding hydrogens is 402 g/mol. The van der Waals surface area contributed by atoms with Gasteiger partial charge in [-0.1, -0.05) is 12.1 Å². The number of aryl methyl sites for hydroxylation is 2. The first-order valence-electron chi connectivity index (χ1n) is 8.41. The predicted octanol–water partition coefficient (Wildman–Crippen LogP) is 2.44. The lowest BCUT2D eigenvalue weighted by atomic mass is 9.97. The molecule has 1 aromatic carbocycles. The smallest absolute Gasteiger partial charge is 0.481 e. The highest BCUT2D eigenvalue weighted by Crippen LogP contribution is 2.68. The zero-order chi connectivity index (χ0) is 22.4. The van der Waals surface area contributed by atoms with Crippen molar-refractivity contribution in [3.8, 4) is 0 Å². The number of rotatable bonds is 4. The third-order valence-electron chi connectivity index (χ3n) is 5.35. The van der Waals surface area contributed by atoms with E-state index in [1.807, 2.05) is 4.90 Å². The number of likely N-dealkylation sites (tertiary alicyclic amines) is 1. The van der Waals surface area contributed by atoms with Gasteiger partial charge in [0.05, 0.1) is 10.8 Å². The molecule has 1 saturated carbocycles. The lowest BCUT2D eigenvalue weighted by molar-refractivity contribution is -0.192. The van der Waals surface area contributed by atoms with E-state index in [2.05, 4.69) is 0 Å². The number of alkyl halides is 3. The standard InChI is InChI=1S/C16H18FNO4.C2HF3O2/c1-9-3-11(4-10(2)12(9)17)5-18-7-15(13(19)20)6-16(15,8-18)14(21)22;3-2(4,5)1(6)7/h3-4H,5-8H2,1-2H3,(H,19,20)(H,21,22);(H,6,7)/t15-,16+;. The topological polar surface area (TPSA) is 115 Å². The summed E-state index contributed by atoms with van der Waals surface area (Å²) in [6, 6.07) is 3.46. The summed E-state index contributed by atoms with van der Waals surface area (Å²) in [5, 5.41) is 25.9. The van der Waals surface area contributed by atoms with E-state index in [4.69, 9.17) is 9.90 Å². The summed E-state index contributed by atoms with van der Waals surface area (Å²) in [5.41, 5.74) is -0.370. The lowest BCUT2D eigenvalue weighted by Gasteiger charge is -2.20. The summed E-state index contributed by atoms with van der Waals surface area (Å²) in [6.07, 6.45) is -4.89. The highest BCUT2D eigenvalue weighted by Gasteiger charge is 2.80. The molecule has 1 heterocycles. The fourth-order valence-electron chi connectivity index (χ4n) is 3.90. The molecule has 11 heteroatoms. The van der Waals surface area contributed by atoms with E-state index in [1.54, 1.807) is 26.0 Å². The molecule has 7 nitrogen and oxygen atoms in total. The maximum Gasteiger partial charge on any atom is 0.490 e. The van der Waals surface area contributed by atoms with Crippen molar-refractivity contribution in [2.24, 2.45) is 10.8 Å². The van der Waals surface area contributed by atoms with Crippen molar-refractivity contribution in [2.45, 2.75) is 33.0 Å². The molecule has 1 saturated heterocycles. The SMILES string of the molecule is Cc1cc(CN2C[C@@]3(C(=O)O)C[C@@]3(C(=O)O)C2)cc(C)c1F.O=C(O)C(F)(F)F. The number of carboxylic acids is 3. The minimum absolute atomic E-state index is 0.197. The van der Waals surface area contributed by atoms with Gasteiger partial charge in [-0.3, -0.25) is 14.5 Å². The molecular formula is C18H19F4NO6. The van der Waals surface area contributed by atoms with Gasteiger partial charge in [0.2, 0.25) is 0 Å². The second-order valence-electron chi connectivity index (χ2n) is 7.44. The Bertz CT molecular complexity index is 819. The van der Waals surface area contributed by atoms with Crippen molar-refractivity contribution >= 4 is 17.9 Å². The first kappa shape index (κ1) is 22.6. The van der Waals surface area contributed by atoms with Crippen molar-refractivity contribution in [2.75, 3.05) is 13.1 Å². The summed E-state index contributed by atoms with van der Waals surface area (Å²) in [7, 11) is 0. The third-order valence-corrected chi connectivity index (χ3v) is 5.35. The van der Waals surface area contributed by atoms with Crippen LogP contribution >= 0.6 is 0 Å². The Kier molecular flexibility index (Phi) is 5.68. The molecule has 0 amide bonds. The van der Waals surface area contributed by atoms with E-state index in [-0.39, 0.29) is 25.3 Å². The molecule has 2 fully saturated rings. The Morgan fingerprint density at radius 3 is 1.69 bits per heavy atom. The van der Waals surface area contributed by atoms with Crippen LogP contribution in [0.4, 0.5) is 17.6 Å². The zero-order valence-corrected chi connectivity index (χ0v) is 15.5. The van der Waals surface area contributed by atoms with Gasteiger partial charge < -0.3 is 15.3 Å². The van der Waals surface area contributed by atoms with Gasteiger partial charge in [0.1, 0.15) is 5.82 Å². The van der Waals surface area contributed by atoms with E-state index >= 15 is 0 Å². The maximum atomic E-state index is 13.7. The summed E-state index contributed by atoms with van der Waals surface area (Å²) >= 11 is 0. The van der Waals surface area contributed by atoms with Gasteiger partial charge in [-0.05, 0) is 37.0 Å². The number of nitrogens with zero attached hydrogens (tertiary/aromatic N) is 1. The average molecular weight is 421 g/mol. The molecule has 1 aliphatic carbocycles. The van der Waals surface area contributed by atoms with Crippen molar-refractivity contribution in [1.82, 2.24) is 4.90 Å². The number of benzene rings is 1. The van der Waals surface area contributed by atoms with E-state index in [0.717, 1.165) is 5.56 Å². The summed E-state index contributed by atoms with van der Waals surface area (Å²) in [5.74, 6) is -5.07. The van der Waals surface area contributed by atoms with Gasteiger partial charge >= 0.3 is 24.1 Å². The van der Waals surface area contributed by atoms with Crippen LogP contribution < -0.4 is 0 Å². The Balaban J connectivity index is 0.000000370. The first-order valence-corrected chi connectivity index (χ1v) is 8.41. The van der Waals surface area contributed by atoms with Crippen molar-refractivity contribution in [1.29, 1.82) is 0 Å². The Labute approximate surface area is 162 Å². The zero-order valence-electron chi connectivity index (χ0n) is 15.5. The molecule has 2 atom stereocenters. The molecule has 1 aromatic rings. The quantitative estimate of drug-likeness (QED) is 0.640. The van der Waals surface area contributed by atoms with Crippen LogP contribution in [0.2, 0.25) is 0 Å². The molecule has 29 heavy (non-hydrogen) atoms. The molecule has 2 aliphatic rings. The van der Waals surface area contributed by atoms with Crippen LogP contribution in [0.25, 0.3) is 0 Å². The Morgan fingerprint density at radius 1 is 1.00 bits per heavy atom. The van der Waals surface area contributed by atoms with Crippen molar-refractivity contribution in [3.63, 3.8) is 0 Å². The number of aliphatic carboxylic acids is 3. The van der Waals surface area contributed by atoms with Crippen LogP contribution in [0.15, 0.2) is 12.1 Å². The molecule has 3 N–H and O–H groups in total. The summed E-state index contributed by atoms with van der Waals surface area (Å²) in [6.45, 7) is 4.26. The third kappa shape index (κ3) is 4.04. The molecule has 0 aromatic heterocycles. The minimum Gasteiger partial charge on any atom is -0.481 e. The van der Waals surface area contributed by atoms with Crippen LogP contribution in [-0.4, -0.2) is 57.4 Å². The number of hydrogen-bond acceptors (Lipinski definition) is 4. The van der Waals surface area contributed by atoms with Crippen LogP contribution in [0, 0.1) is 30.5 Å². The number of fused-ring (bicyclic) bond motifs is 1. The molecule has 0 unspecified atom stereocenters. The number of hydrogen-bond donors (Lipinski definition) is 3. The van der Waals surface area contributed by atoms with E-state index in [9.17, 15) is 37.4 Å². The first-order chi connectivity index (χ1) is 13.2.